The van der Waals surface area contributed by atoms with E-state index in [0.717, 1.165) is 0 Å². The van der Waals surface area contributed by atoms with Crippen LogP contribution in [0.1, 0.15) is 50.3 Å². The Morgan fingerprint density at radius 3 is 1.58 bits per heavy atom. The summed E-state index contributed by atoms with van der Waals surface area (Å²) in [6.07, 6.45) is 0. The van der Waals surface area contributed by atoms with Gasteiger partial charge in [0.1, 0.15) is 30.3 Å². The number of hydrogen-bond acceptors (Lipinski definition) is 0. The molecule has 2 unspecified atom stereocenters. The molecule has 0 radical (unpaired) electrons. The summed E-state index contributed by atoms with van der Waals surface area (Å²) in [7, 11) is 7.11. The van der Waals surface area contributed by atoms with Crippen molar-refractivity contribution in [2.45, 2.75) is 57.7 Å². The van der Waals surface area contributed by atoms with Crippen LogP contribution in [-0.4, -0.2) is 30.3 Å². The van der Waals surface area contributed by atoms with E-state index in [1.807, 2.05) is 0 Å². The zero-order valence-corrected chi connectivity index (χ0v) is 14.2. The van der Waals surface area contributed by atoms with Crippen LogP contribution in [0, 0.1) is 0 Å². The second kappa shape index (κ2) is 5.85. The van der Waals surface area contributed by atoms with Gasteiger partial charge in [-0.3, -0.25) is 0 Å². The van der Waals surface area contributed by atoms with Crippen molar-refractivity contribution in [1.82, 2.24) is 0 Å². The highest BCUT2D eigenvalue weighted by Crippen LogP contribution is 2.35. The van der Waals surface area contributed by atoms with E-state index in [9.17, 15) is 0 Å². The Kier molecular flexibility index (Phi) is 5.09. The predicted molar refractivity (Wildman–Crippen MR) is 98.3 cm³/mol. The van der Waals surface area contributed by atoms with Gasteiger partial charge in [0, 0.05) is 0 Å². The molecule has 0 N–H and O–H groups in total. The van der Waals surface area contributed by atoms with E-state index in [0.29, 0.717) is 5.92 Å². The Hall–Kier alpha value is -0.520. The Bertz CT molecular complexity index is 402. The van der Waals surface area contributed by atoms with Gasteiger partial charge < -0.3 is 0 Å². The first-order valence-corrected chi connectivity index (χ1v) is 7.81. The lowest BCUT2D eigenvalue weighted by molar-refractivity contribution is 0.781. The van der Waals surface area contributed by atoms with Crippen molar-refractivity contribution in [3.8, 4) is 0 Å². The molecule has 2 atom stereocenters. The second-order valence-corrected chi connectivity index (χ2v) is 7.40. The Morgan fingerprint density at radius 2 is 1.32 bits per heavy atom. The van der Waals surface area contributed by atoms with E-state index in [4.69, 9.17) is 0 Å². The summed E-state index contributed by atoms with van der Waals surface area (Å²) in [4.78, 5) is 0. The highest BCUT2D eigenvalue weighted by molar-refractivity contribution is 6.53. The van der Waals surface area contributed by atoms with E-state index in [2.05, 4.69) is 75.2 Å². The van der Waals surface area contributed by atoms with Crippen molar-refractivity contribution in [2.24, 2.45) is 0 Å². The SMILES string of the molecule is BC(C)(BC)c1cccc(C(B)(C)BC)c1C(C)C. The molecule has 1 rings (SSSR count). The first-order chi connectivity index (χ1) is 8.67. The lowest BCUT2D eigenvalue weighted by Gasteiger charge is -2.34. The summed E-state index contributed by atoms with van der Waals surface area (Å²) < 4.78 is 0. The average Bonchev–Trinajstić information content (AvgIpc) is 2.37. The maximum absolute atomic E-state index is 2.37. The molecule has 0 amide bonds. The molecule has 0 aliphatic rings. The van der Waals surface area contributed by atoms with Gasteiger partial charge >= 0.3 is 0 Å². The second-order valence-electron chi connectivity index (χ2n) is 7.40. The Labute approximate surface area is 123 Å². The molecular weight excluding hydrogens is 223 g/mol. The molecule has 19 heavy (non-hydrogen) atoms. The number of hydrogen-bond donors (Lipinski definition) is 0. The van der Waals surface area contributed by atoms with Gasteiger partial charge in [-0.25, -0.2) is 0 Å². The van der Waals surface area contributed by atoms with Crippen molar-refractivity contribution in [3.63, 3.8) is 0 Å². The third kappa shape index (κ3) is 3.33. The molecule has 0 heterocycles. The molecule has 0 aliphatic heterocycles. The fraction of sp³-hybridized carbons (Fsp3) is 0.600. The Morgan fingerprint density at radius 1 is 0.947 bits per heavy atom. The molecule has 0 nitrogen and oxygen atoms in total. The minimum absolute atomic E-state index is 0.263. The zero-order valence-electron chi connectivity index (χ0n) is 14.2. The van der Waals surface area contributed by atoms with Gasteiger partial charge in [-0.1, -0.05) is 81.1 Å². The van der Waals surface area contributed by atoms with Crippen molar-refractivity contribution >= 4 is 30.3 Å². The monoisotopic (exact) mass is 252 g/mol. The van der Waals surface area contributed by atoms with Gasteiger partial charge in [0.25, 0.3) is 0 Å². The van der Waals surface area contributed by atoms with E-state index in [-0.39, 0.29) is 10.4 Å². The maximum Gasteiger partial charge on any atom is 0.120 e. The molecule has 0 fully saturated rings. The van der Waals surface area contributed by atoms with E-state index < -0.39 is 0 Å². The highest BCUT2D eigenvalue weighted by atomic mass is 14.2. The Balaban J connectivity index is 3.56. The first kappa shape index (κ1) is 16.5. The average molecular weight is 252 g/mol. The quantitative estimate of drug-likeness (QED) is 0.694. The van der Waals surface area contributed by atoms with Gasteiger partial charge in [-0.2, -0.15) is 0 Å². The number of benzene rings is 1. The van der Waals surface area contributed by atoms with Gasteiger partial charge in [0.15, 0.2) is 0 Å². The molecule has 0 aliphatic carbocycles. The van der Waals surface area contributed by atoms with Crippen LogP contribution in [0.2, 0.25) is 13.6 Å². The van der Waals surface area contributed by atoms with Gasteiger partial charge in [-0.15, -0.1) is 0 Å². The summed E-state index contributed by atoms with van der Waals surface area (Å²) in [5.41, 5.74) is 4.68. The van der Waals surface area contributed by atoms with Crippen LogP contribution in [0.4, 0.5) is 0 Å². The van der Waals surface area contributed by atoms with Crippen LogP contribution in [0.5, 0.6) is 0 Å². The molecule has 0 saturated heterocycles. The summed E-state index contributed by atoms with van der Waals surface area (Å²) in [5, 5.41) is 0.527. The first-order valence-electron chi connectivity index (χ1n) is 7.81. The largest absolute Gasteiger partial charge is 0.120 e. The van der Waals surface area contributed by atoms with Crippen molar-refractivity contribution in [3.05, 3.63) is 34.9 Å². The predicted octanol–water partition coefficient (Wildman–Crippen LogP) is 1.39. The topological polar surface area (TPSA) is 0 Å². The zero-order chi connectivity index (χ0) is 14.8. The van der Waals surface area contributed by atoms with E-state index in [1.54, 1.807) is 16.7 Å². The smallest absolute Gasteiger partial charge is 0.0892 e. The molecule has 1 aromatic carbocycles. The van der Waals surface area contributed by atoms with Crippen LogP contribution in [0.25, 0.3) is 0 Å². The molecule has 1 aromatic rings. The summed E-state index contributed by atoms with van der Waals surface area (Å²) in [5.74, 6) is 0.586. The third-order valence-corrected chi connectivity index (χ3v) is 4.91. The minimum atomic E-state index is 0.263. The van der Waals surface area contributed by atoms with Crippen molar-refractivity contribution in [2.75, 3.05) is 0 Å². The molecular formula is C15H28B4. The van der Waals surface area contributed by atoms with Gasteiger partial charge in [0.2, 0.25) is 0 Å². The lowest BCUT2D eigenvalue weighted by atomic mass is 9.38. The fourth-order valence-corrected chi connectivity index (χ4v) is 2.75. The summed E-state index contributed by atoms with van der Waals surface area (Å²) in [6.45, 7) is 14.0. The minimum Gasteiger partial charge on any atom is -0.0892 e. The summed E-state index contributed by atoms with van der Waals surface area (Å²) in [6, 6.07) is 6.94. The summed E-state index contributed by atoms with van der Waals surface area (Å²) >= 11 is 0. The maximum atomic E-state index is 2.37. The standard InChI is InChI=1S/C15H28B4/c1-10(2)13-11(14(3,16)18-5)8-7-9-12(13)15(4,17)19-6/h7-10,18-19H,16-17H2,1-6H3. The van der Waals surface area contributed by atoms with Crippen LogP contribution in [0.15, 0.2) is 18.2 Å². The van der Waals surface area contributed by atoms with Crippen LogP contribution in [0.3, 0.4) is 0 Å². The van der Waals surface area contributed by atoms with Crippen LogP contribution in [-0.2, 0) is 10.4 Å². The molecule has 0 saturated carbocycles. The molecule has 100 valence electrons. The van der Waals surface area contributed by atoms with Crippen LogP contribution < -0.4 is 0 Å². The van der Waals surface area contributed by atoms with Gasteiger partial charge in [0.05, 0.1) is 0 Å². The molecule has 0 bridgehead atoms. The number of rotatable bonds is 5. The van der Waals surface area contributed by atoms with Gasteiger partial charge in [-0.05, 0) is 11.5 Å². The normalized spacial score (nSPS) is 17.6. The molecule has 4 heteroatoms. The third-order valence-electron chi connectivity index (χ3n) is 4.91. The lowest BCUT2D eigenvalue weighted by Crippen LogP contribution is -2.34. The molecule has 0 aromatic heterocycles. The van der Waals surface area contributed by atoms with E-state index >= 15 is 0 Å². The fourth-order valence-electron chi connectivity index (χ4n) is 2.75. The van der Waals surface area contributed by atoms with Crippen molar-refractivity contribution in [1.29, 1.82) is 0 Å². The van der Waals surface area contributed by atoms with Crippen molar-refractivity contribution < 1.29 is 0 Å². The highest BCUT2D eigenvalue weighted by Gasteiger charge is 2.29. The van der Waals surface area contributed by atoms with Crippen LogP contribution >= 0.6 is 0 Å². The molecule has 0 spiro atoms. The van der Waals surface area contributed by atoms with E-state index in [1.165, 1.54) is 14.6 Å².